The number of hydrogen-bond donors (Lipinski definition) is 1. The summed E-state index contributed by atoms with van der Waals surface area (Å²) < 4.78 is 13.9. The van der Waals surface area contributed by atoms with Gasteiger partial charge in [-0.2, -0.15) is 0 Å². The number of nitrogens with zero attached hydrogens (tertiary/aromatic N) is 3. The highest BCUT2D eigenvalue weighted by Crippen LogP contribution is 2.56. The van der Waals surface area contributed by atoms with Crippen LogP contribution in [0.1, 0.15) is 77.1 Å². The van der Waals surface area contributed by atoms with Gasteiger partial charge in [0, 0.05) is 22.3 Å². The molecule has 1 aliphatic carbocycles. The van der Waals surface area contributed by atoms with E-state index in [1.807, 2.05) is 68.7 Å². The van der Waals surface area contributed by atoms with Gasteiger partial charge in [0.05, 0.1) is 25.6 Å². The van der Waals surface area contributed by atoms with Gasteiger partial charge < -0.3 is 19.4 Å². The Hall–Kier alpha value is -4.30. The third kappa shape index (κ3) is 3.78. The SMILES string of the molecule is COc1cc(C2CC2)cc(OC)c1-c1nc2c(n1C(C)C)C1(C(=O)Nc3cc(C)ccc31)N(c1cc(Cl)ccc1C)C2=O. The minimum atomic E-state index is -1.52. The van der Waals surface area contributed by atoms with Crippen LogP contribution in [0.25, 0.3) is 11.4 Å². The van der Waals surface area contributed by atoms with E-state index in [0.717, 1.165) is 29.5 Å². The van der Waals surface area contributed by atoms with Crippen molar-refractivity contribution in [2.75, 3.05) is 24.4 Å². The lowest BCUT2D eigenvalue weighted by Crippen LogP contribution is -2.51. The molecule has 1 atom stereocenters. The summed E-state index contributed by atoms with van der Waals surface area (Å²) in [6.07, 6.45) is 2.26. The van der Waals surface area contributed by atoms with E-state index in [9.17, 15) is 9.59 Å². The maximum absolute atomic E-state index is 14.7. The van der Waals surface area contributed by atoms with E-state index in [1.165, 1.54) is 0 Å². The molecule has 2 amide bonds. The summed E-state index contributed by atoms with van der Waals surface area (Å²) in [5.41, 5.74) is 4.72. The molecule has 43 heavy (non-hydrogen) atoms. The number of ether oxygens (including phenoxy) is 2. The quantitative estimate of drug-likeness (QED) is 0.255. The van der Waals surface area contributed by atoms with Crippen LogP contribution in [-0.4, -0.2) is 35.6 Å². The first-order valence-corrected chi connectivity index (χ1v) is 14.9. The zero-order valence-corrected chi connectivity index (χ0v) is 25.8. The van der Waals surface area contributed by atoms with Crippen molar-refractivity contribution in [1.82, 2.24) is 9.55 Å². The van der Waals surface area contributed by atoms with Gasteiger partial charge in [-0.1, -0.05) is 29.8 Å². The second-order valence-electron chi connectivity index (χ2n) is 12.0. The molecule has 0 saturated heterocycles. The number of benzene rings is 3. The lowest BCUT2D eigenvalue weighted by molar-refractivity contribution is -0.119. The predicted octanol–water partition coefficient (Wildman–Crippen LogP) is 7.15. The molecule has 8 nitrogen and oxygen atoms in total. The van der Waals surface area contributed by atoms with Gasteiger partial charge in [-0.3, -0.25) is 14.5 Å². The minimum Gasteiger partial charge on any atom is -0.496 e. The van der Waals surface area contributed by atoms with Crippen LogP contribution in [0.5, 0.6) is 11.5 Å². The Bertz CT molecular complexity index is 1830. The molecule has 7 rings (SSSR count). The molecule has 3 heterocycles. The molecule has 1 spiro atoms. The van der Waals surface area contributed by atoms with Crippen molar-refractivity contribution in [2.45, 2.75) is 58.0 Å². The molecule has 1 unspecified atom stereocenters. The highest BCUT2D eigenvalue weighted by molar-refractivity contribution is 6.31. The number of carbonyl (C=O) groups excluding carboxylic acids is 2. The molecule has 0 bridgehead atoms. The number of hydrogen-bond acceptors (Lipinski definition) is 5. The second-order valence-corrected chi connectivity index (χ2v) is 12.4. The molecule has 220 valence electrons. The van der Waals surface area contributed by atoms with Crippen LogP contribution in [0.3, 0.4) is 0 Å². The zero-order valence-electron chi connectivity index (χ0n) is 25.0. The van der Waals surface area contributed by atoms with E-state index in [1.54, 1.807) is 31.3 Å². The smallest absolute Gasteiger partial charge is 0.280 e. The third-order valence-corrected chi connectivity index (χ3v) is 9.10. The first-order chi connectivity index (χ1) is 20.6. The summed E-state index contributed by atoms with van der Waals surface area (Å²) in [5, 5.41) is 3.56. The van der Waals surface area contributed by atoms with Crippen molar-refractivity contribution in [3.05, 3.63) is 87.2 Å². The highest BCUT2D eigenvalue weighted by Gasteiger charge is 2.64. The molecular formula is C34H33ClN4O4. The first-order valence-electron chi connectivity index (χ1n) is 14.5. The largest absolute Gasteiger partial charge is 0.496 e. The van der Waals surface area contributed by atoms with E-state index in [0.29, 0.717) is 56.5 Å². The average Bonchev–Trinajstić information content (AvgIpc) is 3.63. The van der Waals surface area contributed by atoms with Crippen molar-refractivity contribution in [3.8, 4) is 22.9 Å². The van der Waals surface area contributed by atoms with E-state index < -0.39 is 5.54 Å². The number of aryl methyl sites for hydroxylation is 2. The zero-order chi connectivity index (χ0) is 30.4. The molecule has 0 radical (unpaired) electrons. The van der Waals surface area contributed by atoms with Gasteiger partial charge >= 0.3 is 0 Å². The van der Waals surface area contributed by atoms with Gasteiger partial charge in [0.15, 0.2) is 11.2 Å². The third-order valence-electron chi connectivity index (χ3n) is 8.87. The molecule has 1 saturated carbocycles. The Morgan fingerprint density at radius 2 is 1.70 bits per heavy atom. The Morgan fingerprint density at radius 1 is 1.00 bits per heavy atom. The monoisotopic (exact) mass is 596 g/mol. The first kappa shape index (κ1) is 27.5. The molecule has 9 heteroatoms. The fourth-order valence-electron chi connectivity index (χ4n) is 6.76. The maximum atomic E-state index is 14.7. The summed E-state index contributed by atoms with van der Waals surface area (Å²) in [6, 6.07) is 15.1. The minimum absolute atomic E-state index is 0.184. The molecule has 2 aliphatic heterocycles. The molecule has 1 N–H and O–H groups in total. The van der Waals surface area contributed by atoms with Gasteiger partial charge in [-0.15, -0.1) is 0 Å². The van der Waals surface area contributed by atoms with Gasteiger partial charge in [0.1, 0.15) is 22.9 Å². The van der Waals surface area contributed by atoms with Gasteiger partial charge in [0.25, 0.3) is 11.8 Å². The fraction of sp³-hybridized carbons (Fsp3) is 0.324. The van der Waals surface area contributed by atoms with Gasteiger partial charge in [-0.25, -0.2) is 4.98 Å². The summed E-state index contributed by atoms with van der Waals surface area (Å²) in [4.78, 5) is 35.8. The topological polar surface area (TPSA) is 85.7 Å². The molecule has 4 aromatic rings. The van der Waals surface area contributed by atoms with Crippen molar-refractivity contribution < 1.29 is 19.1 Å². The fourth-order valence-corrected chi connectivity index (χ4v) is 6.92. The van der Waals surface area contributed by atoms with Crippen molar-refractivity contribution >= 4 is 34.8 Å². The number of nitrogens with one attached hydrogen (secondary N) is 1. The predicted molar refractivity (Wildman–Crippen MR) is 167 cm³/mol. The lowest BCUT2D eigenvalue weighted by Gasteiger charge is -2.36. The number of fused-ring (bicyclic) bond motifs is 4. The van der Waals surface area contributed by atoms with Crippen molar-refractivity contribution in [1.29, 1.82) is 0 Å². The van der Waals surface area contributed by atoms with Crippen LogP contribution in [0, 0.1) is 13.8 Å². The van der Waals surface area contributed by atoms with Crippen LogP contribution >= 0.6 is 11.6 Å². The van der Waals surface area contributed by atoms with Crippen LogP contribution < -0.4 is 19.7 Å². The second kappa shape index (κ2) is 9.61. The number of aromatic nitrogens is 2. The van der Waals surface area contributed by atoms with Gasteiger partial charge in [0.2, 0.25) is 0 Å². The Morgan fingerprint density at radius 3 is 2.33 bits per heavy atom. The summed E-state index contributed by atoms with van der Waals surface area (Å²) >= 11 is 6.49. The molecule has 3 aromatic carbocycles. The van der Waals surface area contributed by atoms with Crippen molar-refractivity contribution in [3.63, 3.8) is 0 Å². The average molecular weight is 597 g/mol. The molecule has 1 aromatic heterocycles. The lowest BCUT2D eigenvalue weighted by atomic mass is 9.86. The van der Waals surface area contributed by atoms with Crippen LogP contribution in [-0.2, 0) is 10.3 Å². The number of anilines is 2. The number of imidazole rings is 1. The molecule has 1 fully saturated rings. The summed E-state index contributed by atoms with van der Waals surface area (Å²) in [7, 11) is 3.26. The van der Waals surface area contributed by atoms with E-state index >= 15 is 0 Å². The summed E-state index contributed by atoms with van der Waals surface area (Å²) in [6.45, 7) is 7.93. The Labute approximate surface area is 255 Å². The molecular weight excluding hydrogens is 564 g/mol. The normalized spacial score (nSPS) is 18.8. The maximum Gasteiger partial charge on any atom is 0.280 e. The van der Waals surface area contributed by atoms with E-state index in [-0.39, 0.29) is 23.6 Å². The van der Waals surface area contributed by atoms with Crippen LogP contribution in [0.4, 0.5) is 11.4 Å². The number of carbonyl (C=O) groups is 2. The Balaban J connectivity index is 1.58. The number of rotatable bonds is 6. The number of halogens is 1. The standard InChI is InChI=1S/C34H33ClN4O4/c1-17(2)38-30-29(37-31(38)28-26(42-5)14-21(20-9-10-20)15-27(28)43-6)32(40)39(25-16-22(35)11-8-19(25)4)34(30)23-12-7-18(3)13-24(23)36-33(34)41/h7-8,11-17,20H,9-10H2,1-6H3,(H,36,41). The molecule has 3 aliphatic rings. The Kier molecular flexibility index (Phi) is 6.15. The number of amides is 2. The van der Waals surface area contributed by atoms with Crippen LogP contribution in [0.15, 0.2) is 48.5 Å². The van der Waals surface area contributed by atoms with E-state index in [2.05, 4.69) is 5.32 Å². The van der Waals surface area contributed by atoms with Crippen LogP contribution in [0.2, 0.25) is 5.02 Å². The van der Waals surface area contributed by atoms with Crippen molar-refractivity contribution in [2.24, 2.45) is 0 Å². The summed E-state index contributed by atoms with van der Waals surface area (Å²) in [5.74, 6) is 1.52. The number of methoxy groups -OCH3 is 2. The highest BCUT2D eigenvalue weighted by atomic mass is 35.5. The van der Waals surface area contributed by atoms with E-state index in [4.69, 9.17) is 26.1 Å². The van der Waals surface area contributed by atoms with Gasteiger partial charge in [-0.05, 0) is 93.5 Å².